The SMILES string of the molecule is CCn1c(CNC(=O)c2c(C)nn(-c3ccc(F)cc3)c2C)nc2ccccc21. The molecule has 1 amide bonds. The molecule has 2 heterocycles. The van der Waals surface area contributed by atoms with E-state index in [1.165, 1.54) is 12.1 Å². The van der Waals surface area contributed by atoms with E-state index >= 15 is 0 Å². The summed E-state index contributed by atoms with van der Waals surface area (Å²) in [6.07, 6.45) is 0. The quantitative estimate of drug-likeness (QED) is 0.561. The van der Waals surface area contributed by atoms with Crippen molar-refractivity contribution in [2.75, 3.05) is 0 Å². The van der Waals surface area contributed by atoms with Crippen LogP contribution in [0.1, 0.15) is 34.5 Å². The number of aromatic nitrogens is 4. The number of nitrogens with one attached hydrogen (secondary N) is 1. The summed E-state index contributed by atoms with van der Waals surface area (Å²) >= 11 is 0. The number of carbonyl (C=O) groups is 1. The van der Waals surface area contributed by atoms with Crippen molar-refractivity contribution in [1.29, 1.82) is 0 Å². The van der Waals surface area contributed by atoms with E-state index in [-0.39, 0.29) is 11.7 Å². The minimum absolute atomic E-state index is 0.205. The molecule has 7 heteroatoms. The van der Waals surface area contributed by atoms with Crippen molar-refractivity contribution in [3.8, 4) is 5.69 Å². The number of carbonyl (C=O) groups excluding carboxylic acids is 1. The van der Waals surface area contributed by atoms with Gasteiger partial charge in [-0.25, -0.2) is 14.1 Å². The summed E-state index contributed by atoms with van der Waals surface area (Å²) in [5.74, 6) is 0.290. The van der Waals surface area contributed by atoms with Crippen LogP contribution < -0.4 is 5.32 Å². The van der Waals surface area contributed by atoms with Crippen molar-refractivity contribution in [2.45, 2.75) is 33.9 Å². The largest absolute Gasteiger partial charge is 0.345 e. The highest BCUT2D eigenvalue weighted by Crippen LogP contribution is 2.19. The highest BCUT2D eigenvalue weighted by molar-refractivity contribution is 5.96. The van der Waals surface area contributed by atoms with Gasteiger partial charge < -0.3 is 9.88 Å². The van der Waals surface area contributed by atoms with Crippen LogP contribution in [0.2, 0.25) is 0 Å². The minimum atomic E-state index is -0.313. The molecule has 0 bridgehead atoms. The zero-order chi connectivity index (χ0) is 20.5. The van der Waals surface area contributed by atoms with Crippen LogP contribution in [0.4, 0.5) is 4.39 Å². The Hall–Kier alpha value is -3.48. The first-order valence-electron chi connectivity index (χ1n) is 9.54. The Balaban J connectivity index is 1.59. The van der Waals surface area contributed by atoms with Gasteiger partial charge in [-0.2, -0.15) is 5.10 Å². The smallest absolute Gasteiger partial charge is 0.255 e. The van der Waals surface area contributed by atoms with Gasteiger partial charge in [0.2, 0.25) is 0 Å². The van der Waals surface area contributed by atoms with Gasteiger partial charge in [-0.1, -0.05) is 12.1 Å². The molecule has 0 aliphatic heterocycles. The second-order valence-electron chi connectivity index (χ2n) is 6.88. The summed E-state index contributed by atoms with van der Waals surface area (Å²) in [6.45, 7) is 6.78. The highest BCUT2D eigenvalue weighted by Gasteiger charge is 2.20. The Morgan fingerprint density at radius 2 is 1.83 bits per heavy atom. The normalized spacial score (nSPS) is 11.2. The minimum Gasteiger partial charge on any atom is -0.345 e. The monoisotopic (exact) mass is 391 g/mol. The van der Waals surface area contributed by atoms with E-state index < -0.39 is 0 Å². The second kappa shape index (κ2) is 7.50. The molecule has 2 aromatic carbocycles. The number of imidazole rings is 1. The van der Waals surface area contributed by atoms with Crippen molar-refractivity contribution >= 4 is 16.9 Å². The maximum atomic E-state index is 13.2. The average molecular weight is 391 g/mol. The lowest BCUT2D eigenvalue weighted by atomic mass is 10.2. The topological polar surface area (TPSA) is 64.7 Å². The molecular formula is C22H22FN5O. The molecule has 0 atom stereocenters. The first-order chi connectivity index (χ1) is 14.0. The van der Waals surface area contributed by atoms with Crippen molar-refractivity contribution in [1.82, 2.24) is 24.6 Å². The van der Waals surface area contributed by atoms with E-state index in [9.17, 15) is 9.18 Å². The number of fused-ring (bicyclic) bond motifs is 1. The first-order valence-corrected chi connectivity index (χ1v) is 9.54. The Morgan fingerprint density at radius 3 is 2.55 bits per heavy atom. The maximum absolute atomic E-state index is 13.2. The summed E-state index contributed by atoms with van der Waals surface area (Å²) in [6, 6.07) is 14.0. The maximum Gasteiger partial charge on any atom is 0.255 e. The van der Waals surface area contributed by atoms with E-state index in [0.717, 1.165) is 23.4 Å². The van der Waals surface area contributed by atoms with Crippen molar-refractivity contribution < 1.29 is 9.18 Å². The molecule has 1 N–H and O–H groups in total. The summed E-state index contributed by atoms with van der Waals surface area (Å²) in [4.78, 5) is 17.6. The molecule has 0 aliphatic carbocycles. The molecule has 148 valence electrons. The van der Waals surface area contributed by atoms with E-state index in [4.69, 9.17) is 0 Å². The first kappa shape index (κ1) is 18.9. The molecule has 0 radical (unpaired) electrons. The van der Waals surface area contributed by atoms with Gasteiger partial charge in [-0.3, -0.25) is 4.79 Å². The lowest BCUT2D eigenvalue weighted by molar-refractivity contribution is 0.0948. The zero-order valence-corrected chi connectivity index (χ0v) is 16.6. The van der Waals surface area contributed by atoms with Crippen molar-refractivity contribution in [3.05, 3.63) is 77.1 Å². The molecule has 4 aromatic rings. The molecule has 4 rings (SSSR count). The molecule has 0 spiro atoms. The predicted molar refractivity (Wildman–Crippen MR) is 110 cm³/mol. The molecule has 0 aliphatic rings. The van der Waals surface area contributed by atoms with Crippen LogP contribution in [-0.4, -0.2) is 25.2 Å². The Kier molecular flexibility index (Phi) is 4.88. The van der Waals surface area contributed by atoms with Crippen LogP contribution >= 0.6 is 0 Å². The van der Waals surface area contributed by atoms with E-state index in [1.54, 1.807) is 23.7 Å². The van der Waals surface area contributed by atoms with Gasteiger partial charge in [-0.05, 0) is 57.2 Å². The summed E-state index contributed by atoms with van der Waals surface area (Å²) in [5.41, 5.74) is 4.52. The van der Waals surface area contributed by atoms with Gasteiger partial charge in [0.25, 0.3) is 5.91 Å². The molecule has 2 aromatic heterocycles. The van der Waals surface area contributed by atoms with E-state index in [2.05, 4.69) is 26.9 Å². The Bertz CT molecular complexity index is 1190. The number of rotatable bonds is 5. The number of nitrogens with zero attached hydrogens (tertiary/aromatic N) is 4. The summed E-state index contributed by atoms with van der Waals surface area (Å²) in [5, 5.41) is 7.44. The predicted octanol–water partition coefficient (Wildman–Crippen LogP) is 3.93. The third-order valence-electron chi connectivity index (χ3n) is 5.05. The number of aryl methyl sites for hydroxylation is 2. The zero-order valence-electron chi connectivity index (χ0n) is 16.6. The summed E-state index contributed by atoms with van der Waals surface area (Å²) < 4.78 is 17.0. The molecule has 0 saturated heterocycles. The Labute approximate surface area is 168 Å². The fraction of sp³-hybridized carbons (Fsp3) is 0.227. The lowest BCUT2D eigenvalue weighted by Crippen LogP contribution is -2.25. The molecular weight excluding hydrogens is 369 g/mol. The molecule has 0 fully saturated rings. The van der Waals surface area contributed by atoms with Gasteiger partial charge in [0.1, 0.15) is 11.6 Å². The number of hydrogen-bond donors (Lipinski definition) is 1. The molecule has 6 nitrogen and oxygen atoms in total. The van der Waals surface area contributed by atoms with Gasteiger partial charge >= 0.3 is 0 Å². The fourth-order valence-electron chi connectivity index (χ4n) is 3.67. The summed E-state index contributed by atoms with van der Waals surface area (Å²) in [7, 11) is 0. The average Bonchev–Trinajstić information content (AvgIpc) is 3.23. The third-order valence-corrected chi connectivity index (χ3v) is 5.05. The number of para-hydroxylation sites is 2. The third kappa shape index (κ3) is 3.40. The van der Waals surface area contributed by atoms with Crippen LogP contribution in [-0.2, 0) is 13.1 Å². The standard InChI is InChI=1S/C22H22FN5O/c1-4-27-19-8-6-5-7-18(19)25-20(27)13-24-22(29)21-14(2)26-28(15(21)3)17-11-9-16(23)10-12-17/h5-12H,4,13H2,1-3H3,(H,24,29). The van der Waals surface area contributed by atoms with Crippen molar-refractivity contribution in [3.63, 3.8) is 0 Å². The fourth-order valence-corrected chi connectivity index (χ4v) is 3.67. The number of halogens is 1. The van der Waals surface area contributed by atoms with Crippen LogP contribution in [0.3, 0.4) is 0 Å². The highest BCUT2D eigenvalue weighted by atomic mass is 19.1. The lowest BCUT2D eigenvalue weighted by Gasteiger charge is -2.09. The number of hydrogen-bond acceptors (Lipinski definition) is 3. The van der Waals surface area contributed by atoms with Gasteiger partial charge in [0.15, 0.2) is 0 Å². The van der Waals surface area contributed by atoms with Gasteiger partial charge in [0, 0.05) is 6.54 Å². The van der Waals surface area contributed by atoms with Crippen molar-refractivity contribution in [2.24, 2.45) is 0 Å². The van der Waals surface area contributed by atoms with Gasteiger partial charge in [-0.15, -0.1) is 0 Å². The van der Waals surface area contributed by atoms with Crippen LogP contribution in [0.15, 0.2) is 48.5 Å². The van der Waals surface area contributed by atoms with Crippen LogP contribution in [0.25, 0.3) is 16.7 Å². The Morgan fingerprint density at radius 1 is 1.10 bits per heavy atom. The van der Waals surface area contributed by atoms with E-state index in [1.807, 2.05) is 31.2 Å². The molecule has 0 unspecified atom stereocenters. The number of benzene rings is 2. The number of amides is 1. The molecule has 29 heavy (non-hydrogen) atoms. The van der Waals surface area contributed by atoms with E-state index in [0.29, 0.717) is 29.2 Å². The van der Waals surface area contributed by atoms with Crippen LogP contribution in [0, 0.1) is 19.7 Å². The second-order valence-corrected chi connectivity index (χ2v) is 6.88. The van der Waals surface area contributed by atoms with Crippen LogP contribution in [0.5, 0.6) is 0 Å². The molecule has 0 saturated carbocycles. The van der Waals surface area contributed by atoms with Gasteiger partial charge in [0.05, 0.1) is 40.2 Å².